The smallest absolute Gasteiger partial charge is 0.168 e. The lowest BCUT2D eigenvalue weighted by Crippen LogP contribution is -2.19. The number of fused-ring (bicyclic) bond motifs is 1. The number of para-hydroxylation sites is 1. The molecule has 2 aromatic rings. The Kier molecular flexibility index (Phi) is 2.76. The molecule has 0 saturated carbocycles. The second-order valence-corrected chi connectivity index (χ2v) is 6.39. The lowest BCUT2D eigenvalue weighted by molar-refractivity contribution is 0.662. The molecule has 3 nitrogen and oxygen atoms in total. The van der Waals surface area contributed by atoms with Gasteiger partial charge in [-0.15, -0.1) is 0 Å². The zero-order valence-electron chi connectivity index (χ0n) is 10.8. The van der Waals surface area contributed by atoms with Gasteiger partial charge in [0.15, 0.2) is 5.16 Å². The number of hydrogen-bond acceptors (Lipinski definition) is 3. The molecule has 1 aromatic heterocycles. The lowest BCUT2D eigenvalue weighted by atomic mass is 10.1. The van der Waals surface area contributed by atoms with Crippen molar-refractivity contribution < 1.29 is 0 Å². The Hall–Kier alpha value is -1.42. The van der Waals surface area contributed by atoms with Crippen molar-refractivity contribution in [2.45, 2.75) is 29.8 Å². The molecule has 0 amide bonds. The van der Waals surface area contributed by atoms with Crippen LogP contribution in [0.15, 0.2) is 41.8 Å². The molecule has 4 rings (SSSR count). The summed E-state index contributed by atoms with van der Waals surface area (Å²) < 4.78 is 2.26. The number of nitrogens with zero attached hydrogens (tertiary/aromatic N) is 3. The number of rotatable bonds is 2. The molecule has 0 spiro atoms. The van der Waals surface area contributed by atoms with Gasteiger partial charge in [0.25, 0.3) is 0 Å². The highest BCUT2D eigenvalue weighted by Gasteiger charge is 2.27. The van der Waals surface area contributed by atoms with Crippen molar-refractivity contribution in [3.63, 3.8) is 0 Å². The Morgan fingerprint density at radius 1 is 1.16 bits per heavy atom. The molecule has 0 radical (unpaired) electrons. The van der Waals surface area contributed by atoms with Gasteiger partial charge in [0.1, 0.15) is 0 Å². The van der Waals surface area contributed by atoms with Crippen LogP contribution in [0.25, 0.3) is 0 Å². The molecular weight excluding hydrogens is 254 g/mol. The normalized spacial score (nSPS) is 21.9. The van der Waals surface area contributed by atoms with E-state index in [2.05, 4.69) is 44.9 Å². The Morgan fingerprint density at radius 2 is 2.00 bits per heavy atom. The summed E-state index contributed by atoms with van der Waals surface area (Å²) in [6.45, 7) is 3.46. The van der Waals surface area contributed by atoms with Crippen LogP contribution in [-0.2, 0) is 6.54 Å². The minimum Gasteiger partial charge on any atom is -0.371 e. The average Bonchev–Trinajstić information content (AvgIpc) is 3.15. The fraction of sp³-hybridized carbons (Fsp3) is 0.400. The fourth-order valence-electron chi connectivity index (χ4n) is 3.06. The van der Waals surface area contributed by atoms with Gasteiger partial charge in [-0.3, -0.25) is 0 Å². The maximum Gasteiger partial charge on any atom is 0.168 e. The van der Waals surface area contributed by atoms with E-state index >= 15 is 0 Å². The van der Waals surface area contributed by atoms with Crippen molar-refractivity contribution in [1.29, 1.82) is 0 Å². The molecule has 1 fully saturated rings. The van der Waals surface area contributed by atoms with Crippen molar-refractivity contribution in [3.8, 4) is 0 Å². The summed E-state index contributed by atoms with van der Waals surface area (Å²) in [5.41, 5.74) is 2.91. The van der Waals surface area contributed by atoms with E-state index in [0.29, 0.717) is 5.25 Å². The maximum absolute atomic E-state index is 4.41. The van der Waals surface area contributed by atoms with Crippen molar-refractivity contribution in [3.05, 3.63) is 42.2 Å². The first-order valence-electron chi connectivity index (χ1n) is 6.93. The first kappa shape index (κ1) is 11.4. The number of hydrogen-bond donors (Lipinski definition) is 0. The lowest BCUT2D eigenvalue weighted by Gasteiger charge is -2.23. The number of anilines is 1. The third-order valence-electron chi connectivity index (χ3n) is 4.02. The molecule has 2 aliphatic rings. The van der Waals surface area contributed by atoms with E-state index in [1.165, 1.54) is 37.2 Å². The van der Waals surface area contributed by atoms with Crippen LogP contribution in [0.1, 0.15) is 23.7 Å². The summed E-state index contributed by atoms with van der Waals surface area (Å²) in [6, 6.07) is 8.89. The van der Waals surface area contributed by atoms with Crippen molar-refractivity contribution >= 4 is 17.4 Å². The van der Waals surface area contributed by atoms with Gasteiger partial charge in [-0.05, 0) is 24.5 Å². The molecule has 2 aliphatic heterocycles. The predicted octanol–water partition coefficient (Wildman–Crippen LogP) is 3.33. The highest BCUT2D eigenvalue weighted by Crippen LogP contribution is 2.45. The van der Waals surface area contributed by atoms with Crippen LogP contribution in [0.4, 0.5) is 5.69 Å². The molecule has 1 unspecified atom stereocenters. The SMILES string of the molecule is c1ccc(N2CCCC2)c(C2Cn3ccnc3S2)c1. The standard InChI is InChI=1S/C15H17N3S/c1-2-6-13(17-8-3-4-9-17)12(5-1)14-11-18-10-7-16-15(18)19-14/h1-2,5-7,10,14H,3-4,8-9,11H2. The summed E-state index contributed by atoms with van der Waals surface area (Å²) in [4.78, 5) is 6.95. The second-order valence-electron chi connectivity index (χ2n) is 5.22. The van der Waals surface area contributed by atoms with E-state index < -0.39 is 0 Å². The molecule has 1 atom stereocenters. The maximum atomic E-state index is 4.41. The molecule has 0 N–H and O–H groups in total. The van der Waals surface area contributed by atoms with Crippen LogP contribution >= 0.6 is 11.8 Å². The van der Waals surface area contributed by atoms with Crippen LogP contribution in [0, 0.1) is 0 Å². The molecule has 0 bridgehead atoms. The Balaban J connectivity index is 1.66. The molecule has 3 heterocycles. The molecule has 1 saturated heterocycles. The zero-order valence-corrected chi connectivity index (χ0v) is 11.6. The quantitative estimate of drug-likeness (QED) is 0.836. The first-order chi connectivity index (χ1) is 9.42. The van der Waals surface area contributed by atoms with Gasteiger partial charge in [0.2, 0.25) is 0 Å². The van der Waals surface area contributed by atoms with Gasteiger partial charge in [0, 0.05) is 37.7 Å². The first-order valence-corrected chi connectivity index (χ1v) is 7.81. The second kappa shape index (κ2) is 4.60. The third-order valence-corrected chi connectivity index (χ3v) is 5.26. The summed E-state index contributed by atoms with van der Waals surface area (Å²) in [5, 5.41) is 1.67. The Bertz CT molecular complexity index is 566. The third kappa shape index (κ3) is 1.94. The van der Waals surface area contributed by atoms with Crippen LogP contribution in [0.2, 0.25) is 0 Å². The molecule has 4 heteroatoms. The monoisotopic (exact) mass is 271 g/mol. The highest BCUT2D eigenvalue weighted by molar-refractivity contribution is 7.99. The number of thioether (sulfide) groups is 1. The molecule has 1 aromatic carbocycles. The van der Waals surface area contributed by atoms with E-state index in [9.17, 15) is 0 Å². The van der Waals surface area contributed by atoms with Crippen molar-refractivity contribution in [2.24, 2.45) is 0 Å². The van der Waals surface area contributed by atoms with E-state index in [0.717, 1.165) is 11.7 Å². The zero-order chi connectivity index (χ0) is 12.7. The summed E-state index contributed by atoms with van der Waals surface area (Å²) in [6.07, 6.45) is 6.63. The molecular formula is C15H17N3S. The van der Waals surface area contributed by atoms with E-state index in [4.69, 9.17) is 0 Å². The minimum atomic E-state index is 0.514. The number of aromatic nitrogens is 2. The molecule has 98 valence electrons. The van der Waals surface area contributed by atoms with Crippen LogP contribution in [0.5, 0.6) is 0 Å². The van der Waals surface area contributed by atoms with Crippen molar-refractivity contribution in [2.75, 3.05) is 18.0 Å². The van der Waals surface area contributed by atoms with E-state index in [1.54, 1.807) is 0 Å². The van der Waals surface area contributed by atoms with Gasteiger partial charge < -0.3 is 9.47 Å². The van der Waals surface area contributed by atoms with Crippen LogP contribution in [-0.4, -0.2) is 22.6 Å². The van der Waals surface area contributed by atoms with Gasteiger partial charge in [-0.25, -0.2) is 4.98 Å². The topological polar surface area (TPSA) is 21.1 Å². The largest absolute Gasteiger partial charge is 0.371 e. The fourth-order valence-corrected chi connectivity index (χ4v) is 4.27. The summed E-state index contributed by atoms with van der Waals surface area (Å²) >= 11 is 1.89. The summed E-state index contributed by atoms with van der Waals surface area (Å²) in [5.74, 6) is 0. The van der Waals surface area contributed by atoms with E-state index in [1.807, 2.05) is 18.0 Å². The number of imidazole rings is 1. The van der Waals surface area contributed by atoms with Gasteiger partial charge in [-0.2, -0.15) is 0 Å². The highest BCUT2D eigenvalue weighted by atomic mass is 32.2. The van der Waals surface area contributed by atoms with Gasteiger partial charge >= 0.3 is 0 Å². The average molecular weight is 271 g/mol. The van der Waals surface area contributed by atoms with Crippen molar-refractivity contribution in [1.82, 2.24) is 9.55 Å². The van der Waals surface area contributed by atoms with Crippen LogP contribution in [0.3, 0.4) is 0 Å². The van der Waals surface area contributed by atoms with Gasteiger partial charge in [0.05, 0.1) is 5.25 Å². The minimum absolute atomic E-state index is 0.514. The Labute approximate surface area is 117 Å². The predicted molar refractivity (Wildman–Crippen MR) is 78.7 cm³/mol. The Morgan fingerprint density at radius 3 is 2.84 bits per heavy atom. The molecule has 19 heavy (non-hydrogen) atoms. The molecule has 0 aliphatic carbocycles. The number of benzene rings is 1. The van der Waals surface area contributed by atoms with E-state index in [-0.39, 0.29) is 0 Å². The van der Waals surface area contributed by atoms with Crippen LogP contribution < -0.4 is 4.90 Å². The van der Waals surface area contributed by atoms with Gasteiger partial charge in [-0.1, -0.05) is 30.0 Å². The summed E-state index contributed by atoms with van der Waals surface area (Å²) in [7, 11) is 0.